The van der Waals surface area contributed by atoms with Crippen LogP contribution in [0.15, 0.2) is 29.4 Å². The summed E-state index contributed by atoms with van der Waals surface area (Å²) in [6.45, 7) is 7.30. The van der Waals surface area contributed by atoms with Gasteiger partial charge < -0.3 is 19.4 Å². The minimum Gasteiger partial charge on any atom is -0.419 e. The summed E-state index contributed by atoms with van der Waals surface area (Å²) in [7, 11) is 1.87. The van der Waals surface area contributed by atoms with Crippen molar-refractivity contribution < 1.29 is 32.2 Å². The van der Waals surface area contributed by atoms with Gasteiger partial charge in [0.25, 0.3) is 5.91 Å². The third-order valence-electron chi connectivity index (χ3n) is 9.10. The number of pyridine rings is 1. The molecule has 1 N–H and O–H groups in total. The van der Waals surface area contributed by atoms with E-state index < -0.39 is 23.5 Å². The van der Waals surface area contributed by atoms with Crippen LogP contribution < -0.4 is 15.0 Å². The van der Waals surface area contributed by atoms with E-state index in [1.807, 2.05) is 36.9 Å². The maximum Gasteiger partial charge on any atom is 0.491 e. The number of hydrogen-bond donors (Lipinski definition) is 1. The van der Waals surface area contributed by atoms with E-state index in [-0.39, 0.29) is 24.4 Å². The van der Waals surface area contributed by atoms with Gasteiger partial charge in [0.2, 0.25) is 0 Å². The van der Waals surface area contributed by atoms with E-state index >= 15 is 0 Å². The Balaban J connectivity index is 1.42. The van der Waals surface area contributed by atoms with E-state index in [0.717, 1.165) is 42.2 Å². The van der Waals surface area contributed by atoms with Crippen LogP contribution >= 0.6 is 11.8 Å². The van der Waals surface area contributed by atoms with E-state index in [1.165, 1.54) is 16.7 Å². The van der Waals surface area contributed by atoms with Gasteiger partial charge in [0, 0.05) is 54.5 Å². The number of amides is 1. The Hall–Kier alpha value is -3.69. The highest BCUT2D eigenvalue weighted by molar-refractivity contribution is 7.98. The van der Waals surface area contributed by atoms with E-state index in [4.69, 9.17) is 14.5 Å². The molecule has 3 aliphatic heterocycles. The lowest BCUT2D eigenvalue weighted by molar-refractivity contribution is -0.189. The number of halogens is 3. The zero-order valence-corrected chi connectivity index (χ0v) is 27.6. The first kappa shape index (κ1) is 33.2. The van der Waals surface area contributed by atoms with Crippen molar-refractivity contribution in [2.45, 2.75) is 62.7 Å². The molecule has 3 aromatic rings. The second-order valence-electron chi connectivity index (χ2n) is 12.6. The molecule has 1 amide bonds. The summed E-state index contributed by atoms with van der Waals surface area (Å²) >= 11 is 1.39. The average molecular weight is 674 g/mol. The highest BCUT2D eigenvalue weighted by Gasteiger charge is 2.46. The first-order chi connectivity index (χ1) is 22.4. The number of esters is 1. The molecule has 3 aliphatic rings. The van der Waals surface area contributed by atoms with Crippen LogP contribution in [0.25, 0.3) is 0 Å². The van der Waals surface area contributed by atoms with Gasteiger partial charge in [-0.1, -0.05) is 6.92 Å². The van der Waals surface area contributed by atoms with Gasteiger partial charge in [0.05, 0.1) is 25.3 Å². The molecule has 2 aromatic heterocycles. The number of ether oxygens (including phenoxy) is 2. The molecule has 0 bridgehead atoms. The fourth-order valence-electron chi connectivity index (χ4n) is 6.62. The molecule has 1 atom stereocenters. The van der Waals surface area contributed by atoms with Crippen LogP contribution in [0, 0.1) is 5.92 Å². The first-order valence-electron chi connectivity index (χ1n) is 15.7. The Bertz CT molecular complexity index is 1680. The smallest absolute Gasteiger partial charge is 0.419 e. The average Bonchev–Trinajstić information content (AvgIpc) is 3.57. The number of carbonyl (C=O) groups excluding carboxylic acids is 2. The zero-order chi connectivity index (χ0) is 33.5. The predicted molar refractivity (Wildman–Crippen MR) is 170 cm³/mol. The van der Waals surface area contributed by atoms with E-state index in [2.05, 4.69) is 27.3 Å². The molecule has 0 spiro atoms. The van der Waals surface area contributed by atoms with Crippen molar-refractivity contribution in [3.05, 3.63) is 52.6 Å². The number of carbonyl (C=O) groups is 2. The number of nitrogens with zero attached hydrogens (tertiary/aromatic N) is 6. The number of alkyl halides is 3. The fourth-order valence-corrected chi connectivity index (χ4v) is 7.30. The van der Waals surface area contributed by atoms with Crippen molar-refractivity contribution in [2.75, 3.05) is 49.3 Å². The maximum atomic E-state index is 14.4. The van der Waals surface area contributed by atoms with Crippen molar-refractivity contribution in [2.24, 2.45) is 13.0 Å². The van der Waals surface area contributed by atoms with Crippen LogP contribution in [0.4, 0.5) is 24.8 Å². The van der Waals surface area contributed by atoms with Crippen LogP contribution in [-0.4, -0.2) is 81.8 Å². The molecule has 15 heteroatoms. The van der Waals surface area contributed by atoms with Crippen molar-refractivity contribution in [3.63, 3.8) is 0 Å². The Morgan fingerprint density at radius 3 is 2.66 bits per heavy atom. The molecule has 6 rings (SSSR count). The molecular weight excluding hydrogens is 635 g/mol. The van der Waals surface area contributed by atoms with E-state index in [0.29, 0.717) is 54.9 Å². The normalized spacial score (nSPS) is 19.4. The molecule has 0 aliphatic carbocycles. The van der Waals surface area contributed by atoms with Gasteiger partial charge in [-0.2, -0.15) is 13.2 Å². The molecule has 2 fully saturated rings. The van der Waals surface area contributed by atoms with Gasteiger partial charge >= 0.3 is 12.1 Å². The standard InChI is InChI=1S/C32H38F3N7O4S/c1-5-36-24-10-21(31(16-45-17-31)12-26-39-37-18-40(26)3)11-25(38-24)42-15-22-23(47-4)9-20(14-41-8-6-7-19(2)13-41)28(27(22)29(42)43)46-30(44)32(33,34)35/h9-11,18-19H,5-8,12-17H2,1-4H3,(H,36,38)/t19-/m0/s1. The molecule has 0 unspecified atom stereocenters. The second kappa shape index (κ2) is 13.1. The number of benzene rings is 1. The van der Waals surface area contributed by atoms with Gasteiger partial charge in [-0.05, 0) is 62.2 Å². The Morgan fingerprint density at radius 1 is 1.26 bits per heavy atom. The molecule has 11 nitrogen and oxygen atoms in total. The number of anilines is 2. The van der Waals surface area contributed by atoms with Gasteiger partial charge in [-0.3, -0.25) is 14.6 Å². The fraction of sp³-hybridized carbons (Fsp3) is 0.531. The number of aromatic nitrogens is 4. The number of aryl methyl sites for hydroxylation is 1. The van der Waals surface area contributed by atoms with Crippen molar-refractivity contribution in [1.82, 2.24) is 24.6 Å². The number of piperidine rings is 1. The van der Waals surface area contributed by atoms with Crippen molar-refractivity contribution >= 4 is 35.3 Å². The number of rotatable bonds is 10. The van der Waals surface area contributed by atoms with E-state index in [1.54, 1.807) is 12.4 Å². The minimum absolute atomic E-state index is 0.0347. The molecule has 0 radical (unpaired) electrons. The summed E-state index contributed by atoms with van der Waals surface area (Å²) in [5.74, 6) is -1.21. The molecule has 2 saturated heterocycles. The van der Waals surface area contributed by atoms with Gasteiger partial charge in [-0.15, -0.1) is 22.0 Å². The molecule has 1 aromatic carbocycles. The SMILES string of the molecule is CCNc1cc(C2(Cc3nncn3C)COC2)cc(N2Cc3c(SC)cc(CN4CCC[C@H](C)C4)c(OC(=O)C(F)(F)F)c3C2=O)n1. The molecule has 0 saturated carbocycles. The molecule has 252 valence electrons. The van der Waals surface area contributed by atoms with Gasteiger partial charge in [0.1, 0.15) is 29.5 Å². The van der Waals surface area contributed by atoms with Crippen LogP contribution in [0.5, 0.6) is 5.75 Å². The molecule has 5 heterocycles. The largest absolute Gasteiger partial charge is 0.491 e. The molecule has 47 heavy (non-hydrogen) atoms. The van der Waals surface area contributed by atoms with Crippen LogP contribution in [-0.2, 0) is 41.5 Å². The minimum atomic E-state index is -5.23. The lowest BCUT2D eigenvalue weighted by atomic mass is 9.75. The highest BCUT2D eigenvalue weighted by atomic mass is 32.2. The third kappa shape index (κ3) is 6.57. The van der Waals surface area contributed by atoms with Crippen LogP contribution in [0.1, 0.15) is 59.6 Å². The second-order valence-corrected chi connectivity index (χ2v) is 13.5. The quantitative estimate of drug-likeness (QED) is 0.184. The summed E-state index contributed by atoms with van der Waals surface area (Å²) < 4.78 is 53.3. The van der Waals surface area contributed by atoms with Crippen LogP contribution in [0.3, 0.4) is 0 Å². The first-order valence-corrected chi connectivity index (χ1v) is 16.9. The maximum absolute atomic E-state index is 14.4. The Morgan fingerprint density at radius 2 is 2.04 bits per heavy atom. The predicted octanol–water partition coefficient (Wildman–Crippen LogP) is 4.73. The monoisotopic (exact) mass is 673 g/mol. The highest BCUT2D eigenvalue weighted by Crippen LogP contribution is 2.44. The van der Waals surface area contributed by atoms with E-state index in [9.17, 15) is 22.8 Å². The van der Waals surface area contributed by atoms with Crippen molar-refractivity contribution in [1.29, 1.82) is 0 Å². The zero-order valence-electron chi connectivity index (χ0n) is 26.8. The lowest BCUT2D eigenvalue weighted by Gasteiger charge is -2.42. The number of fused-ring (bicyclic) bond motifs is 1. The Labute approximate surface area is 275 Å². The van der Waals surface area contributed by atoms with Gasteiger partial charge in [0.15, 0.2) is 0 Å². The Kier molecular flexibility index (Phi) is 9.24. The van der Waals surface area contributed by atoms with Gasteiger partial charge in [-0.25, -0.2) is 9.78 Å². The summed E-state index contributed by atoms with van der Waals surface area (Å²) in [6, 6.07) is 5.52. The summed E-state index contributed by atoms with van der Waals surface area (Å²) in [5.41, 5.74) is 1.27. The number of likely N-dealkylation sites (tertiary alicyclic amines) is 1. The number of nitrogens with one attached hydrogen (secondary N) is 1. The molecular formula is C32H38F3N7O4S. The summed E-state index contributed by atoms with van der Waals surface area (Å²) in [4.78, 5) is 35.7. The lowest BCUT2D eigenvalue weighted by Crippen LogP contribution is -2.49. The number of thioether (sulfide) groups is 1. The number of hydrogen-bond acceptors (Lipinski definition) is 10. The third-order valence-corrected chi connectivity index (χ3v) is 9.90. The topological polar surface area (TPSA) is 115 Å². The van der Waals surface area contributed by atoms with Crippen LogP contribution in [0.2, 0.25) is 0 Å². The summed E-state index contributed by atoms with van der Waals surface area (Å²) in [6.07, 6.45) is 0.808. The van der Waals surface area contributed by atoms with Crippen molar-refractivity contribution in [3.8, 4) is 5.75 Å². The summed E-state index contributed by atoms with van der Waals surface area (Å²) in [5, 5.41) is 11.5.